The van der Waals surface area contributed by atoms with Crippen LogP contribution in [0.5, 0.6) is 17.2 Å². The van der Waals surface area contributed by atoms with E-state index in [2.05, 4.69) is 0 Å². The van der Waals surface area contributed by atoms with Crippen molar-refractivity contribution in [1.82, 2.24) is 3.97 Å². The van der Waals surface area contributed by atoms with Crippen molar-refractivity contribution in [2.24, 2.45) is 0 Å². The minimum atomic E-state index is -3.98. The van der Waals surface area contributed by atoms with Crippen molar-refractivity contribution in [3.05, 3.63) is 82.5 Å². The van der Waals surface area contributed by atoms with Crippen molar-refractivity contribution < 1.29 is 27.8 Å². The molecule has 0 fully saturated rings. The average Bonchev–Trinajstić information content (AvgIpc) is 3.19. The number of ether oxygens (including phenoxy) is 2. The SMILES string of the molecule is CCOc1ccc2c(c1)c(CCC(=O)O)cn2S(=O)(=O)c1ccc(Oc2ccc(Cl)c(Cl)c2)cc1. The van der Waals surface area contributed by atoms with Gasteiger partial charge < -0.3 is 14.6 Å². The van der Waals surface area contributed by atoms with Crippen LogP contribution in [0.1, 0.15) is 18.9 Å². The van der Waals surface area contributed by atoms with Crippen LogP contribution < -0.4 is 9.47 Å². The predicted octanol–water partition coefficient (Wildman–Crippen LogP) is 6.39. The number of aliphatic carboxylic acids is 1. The molecule has 0 bridgehead atoms. The van der Waals surface area contributed by atoms with Gasteiger partial charge in [-0.1, -0.05) is 23.2 Å². The van der Waals surface area contributed by atoms with Crippen molar-refractivity contribution in [1.29, 1.82) is 0 Å². The molecule has 1 N–H and O–H groups in total. The number of halogens is 2. The zero-order chi connectivity index (χ0) is 25.2. The number of hydrogen-bond donors (Lipinski definition) is 1. The van der Waals surface area contributed by atoms with Gasteiger partial charge >= 0.3 is 5.97 Å². The van der Waals surface area contributed by atoms with Gasteiger partial charge in [0.2, 0.25) is 0 Å². The molecule has 0 saturated heterocycles. The van der Waals surface area contributed by atoms with E-state index in [0.29, 0.717) is 50.4 Å². The standard InChI is InChI=1S/C25H21Cl2NO6S/c1-2-33-18-7-11-24-21(13-18)16(3-12-25(29)30)15-28(24)35(31,32)20-8-4-17(5-9-20)34-19-6-10-22(26)23(27)14-19/h4-11,13-15H,2-3,12H2,1H3,(H,29,30). The first-order valence-corrected chi connectivity index (χ1v) is 12.9. The number of carboxylic acids is 1. The number of hydrogen-bond acceptors (Lipinski definition) is 5. The maximum Gasteiger partial charge on any atom is 0.303 e. The highest BCUT2D eigenvalue weighted by Gasteiger charge is 2.22. The maximum absolute atomic E-state index is 13.5. The van der Waals surface area contributed by atoms with E-state index in [-0.39, 0.29) is 17.7 Å². The second-order valence-corrected chi connectivity index (χ2v) is 10.2. The van der Waals surface area contributed by atoms with E-state index in [9.17, 15) is 13.2 Å². The van der Waals surface area contributed by atoms with Crippen LogP contribution in [0, 0.1) is 0 Å². The topological polar surface area (TPSA) is 94.8 Å². The van der Waals surface area contributed by atoms with Gasteiger partial charge in [0.15, 0.2) is 0 Å². The third-order valence-electron chi connectivity index (χ3n) is 5.25. The number of carbonyl (C=O) groups is 1. The first kappa shape index (κ1) is 24.9. The molecule has 35 heavy (non-hydrogen) atoms. The summed E-state index contributed by atoms with van der Waals surface area (Å²) < 4.78 is 39.5. The summed E-state index contributed by atoms with van der Waals surface area (Å²) in [5.41, 5.74) is 1.04. The molecule has 0 aliphatic carbocycles. The smallest absolute Gasteiger partial charge is 0.303 e. The molecule has 10 heteroatoms. The summed E-state index contributed by atoms with van der Waals surface area (Å²) in [5.74, 6) is 0.491. The normalized spacial score (nSPS) is 11.5. The van der Waals surface area contributed by atoms with Crippen LogP contribution in [-0.2, 0) is 21.2 Å². The van der Waals surface area contributed by atoms with E-state index in [1.54, 1.807) is 48.5 Å². The molecule has 0 amide bonds. The Labute approximate surface area is 212 Å². The number of aromatic nitrogens is 1. The Kier molecular flexibility index (Phi) is 7.25. The largest absolute Gasteiger partial charge is 0.494 e. The molecular weight excluding hydrogens is 513 g/mol. The molecular formula is C25H21Cl2NO6S. The van der Waals surface area contributed by atoms with E-state index in [4.69, 9.17) is 37.8 Å². The summed E-state index contributed by atoms with van der Waals surface area (Å²) in [4.78, 5) is 11.2. The van der Waals surface area contributed by atoms with E-state index in [0.717, 1.165) is 0 Å². The fourth-order valence-corrected chi connectivity index (χ4v) is 5.29. The van der Waals surface area contributed by atoms with E-state index >= 15 is 0 Å². The quantitative estimate of drug-likeness (QED) is 0.267. The van der Waals surface area contributed by atoms with Gasteiger partial charge in [0, 0.05) is 24.1 Å². The number of carboxylic acid groups (broad SMARTS) is 1. The zero-order valence-corrected chi connectivity index (χ0v) is 20.9. The van der Waals surface area contributed by atoms with Crippen molar-refractivity contribution in [2.75, 3.05) is 6.61 Å². The second kappa shape index (κ2) is 10.2. The lowest BCUT2D eigenvalue weighted by Gasteiger charge is -2.10. The molecule has 4 aromatic rings. The molecule has 182 valence electrons. The van der Waals surface area contributed by atoms with Crippen molar-refractivity contribution in [3.63, 3.8) is 0 Å². The van der Waals surface area contributed by atoms with Gasteiger partial charge in [-0.3, -0.25) is 4.79 Å². The van der Waals surface area contributed by atoms with Gasteiger partial charge in [0.1, 0.15) is 17.2 Å². The summed E-state index contributed by atoms with van der Waals surface area (Å²) in [6.45, 7) is 2.30. The molecule has 0 unspecified atom stereocenters. The Balaban J connectivity index is 1.68. The summed E-state index contributed by atoms with van der Waals surface area (Å²) in [6.07, 6.45) is 1.53. The van der Waals surface area contributed by atoms with Crippen LogP contribution in [0.3, 0.4) is 0 Å². The first-order valence-electron chi connectivity index (χ1n) is 10.7. The fourth-order valence-electron chi connectivity index (χ4n) is 3.61. The minimum Gasteiger partial charge on any atom is -0.494 e. The molecule has 1 aromatic heterocycles. The van der Waals surface area contributed by atoms with Crippen molar-refractivity contribution in [3.8, 4) is 17.2 Å². The number of fused-ring (bicyclic) bond motifs is 1. The maximum atomic E-state index is 13.5. The Morgan fingerprint density at radius 3 is 2.29 bits per heavy atom. The lowest BCUT2D eigenvalue weighted by atomic mass is 10.1. The van der Waals surface area contributed by atoms with Gasteiger partial charge in [-0.05, 0) is 73.5 Å². The van der Waals surface area contributed by atoms with Crippen LogP contribution in [0.2, 0.25) is 10.0 Å². The van der Waals surface area contributed by atoms with E-state index in [1.165, 1.54) is 22.3 Å². The second-order valence-electron chi connectivity index (χ2n) is 7.61. The van der Waals surface area contributed by atoms with Crippen LogP contribution in [0.25, 0.3) is 10.9 Å². The van der Waals surface area contributed by atoms with Crippen molar-refractivity contribution in [2.45, 2.75) is 24.7 Å². The van der Waals surface area contributed by atoms with Gasteiger partial charge in [-0.15, -0.1) is 0 Å². The zero-order valence-electron chi connectivity index (χ0n) is 18.6. The van der Waals surface area contributed by atoms with Gasteiger partial charge in [0.05, 0.1) is 27.1 Å². The number of aryl methyl sites for hydroxylation is 1. The summed E-state index contributed by atoms with van der Waals surface area (Å²) in [5, 5.41) is 10.5. The Bertz CT molecular complexity index is 1500. The Morgan fingerprint density at radius 1 is 0.943 bits per heavy atom. The first-order chi connectivity index (χ1) is 16.7. The van der Waals surface area contributed by atoms with Crippen LogP contribution >= 0.6 is 23.2 Å². The molecule has 4 rings (SSSR count). The Hall–Kier alpha value is -3.20. The lowest BCUT2D eigenvalue weighted by Crippen LogP contribution is -2.11. The molecule has 0 saturated carbocycles. The van der Waals surface area contributed by atoms with E-state index < -0.39 is 16.0 Å². The van der Waals surface area contributed by atoms with E-state index in [1.807, 2.05) is 6.92 Å². The van der Waals surface area contributed by atoms with Gasteiger partial charge in [-0.25, -0.2) is 12.4 Å². The molecule has 0 aliphatic rings. The highest BCUT2D eigenvalue weighted by Crippen LogP contribution is 2.32. The predicted molar refractivity (Wildman–Crippen MR) is 135 cm³/mol. The molecule has 1 heterocycles. The van der Waals surface area contributed by atoms with Crippen LogP contribution in [-0.4, -0.2) is 30.1 Å². The highest BCUT2D eigenvalue weighted by atomic mass is 35.5. The lowest BCUT2D eigenvalue weighted by molar-refractivity contribution is -0.136. The summed E-state index contributed by atoms with van der Waals surface area (Å²) in [7, 11) is -3.98. The number of rotatable bonds is 9. The Morgan fingerprint density at radius 2 is 1.63 bits per heavy atom. The summed E-state index contributed by atoms with van der Waals surface area (Å²) in [6, 6.07) is 15.9. The number of benzene rings is 3. The molecule has 0 aliphatic heterocycles. The van der Waals surface area contributed by atoms with Crippen LogP contribution in [0.15, 0.2) is 71.8 Å². The van der Waals surface area contributed by atoms with Gasteiger partial charge in [0.25, 0.3) is 10.0 Å². The monoisotopic (exact) mass is 533 g/mol. The third-order valence-corrected chi connectivity index (χ3v) is 7.68. The highest BCUT2D eigenvalue weighted by molar-refractivity contribution is 7.90. The molecule has 3 aromatic carbocycles. The average molecular weight is 534 g/mol. The molecule has 0 radical (unpaired) electrons. The third kappa shape index (κ3) is 5.40. The van der Waals surface area contributed by atoms with Crippen LogP contribution in [0.4, 0.5) is 0 Å². The molecule has 0 spiro atoms. The molecule has 0 atom stereocenters. The summed E-state index contributed by atoms with van der Waals surface area (Å²) >= 11 is 11.9. The fraction of sp³-hybridized carbons (Fsp3) is 0.160. The number of nitrogens with zero attached hydrogens (tertiary/aromatic N) is 1. The minimum absolute atomic E-state index is 0.0505. The van der Waals surface area contributed by atoms with Gasteiger partial charge in [-0.2, -0.15) is 0 Å². The molecule has 7 nitrogen and oxygen atoms in total. The van der Waals surface area contributed by atoms with Crippen molar-refractivity contribution >= 4 is 50.1 Å².